The maximum absolute atomic E-state index is 9.55. The molecule has 7 heteroatoms. The van der Waals surface area contributed by atoms with Gasteiger partial charge in [-0.2, -0.15) is 9.97 Å². The van der Waals surface area contributed by atoms with Gasteiger partial charge in [0.2, 0.25) is 5.95 Å². The van der Waals surface area contributed by atoms with E-state index in [-0.39, 0.29) is 6.61 Å². The van der Waals surface area contributed by atoms with Gasteiger partial charge in [0.05, 0.1) is 6.67 Å². The van der Waals surface area contributed by atoms with E-state index in [1.54, 1.807) is 0 Å². The maximum Gasteiger partial charge on any atom is 0.229 e. The molecule has 0 amide bonds. The van der Waals surface area contributed by atoms with Crippen LogP contribution in [0.25, 0.3) is 0 Å². The number of rotatable bonds is 9. The molecule has 2 aliphatic heterocycles. The van der Waals surface area contributed by atoms with Crippen LogP contribution in [0.4, 0.5) is 23.3 Å². The summed E-state index contributed by atoms with van der Waals surface area (Å²) in [5, 5.41) is 16.6. The molecule has 31 heavy (non-hydrogen) atoms. The molecule has 1 atom stereocenters. The molecule has 7 nitrogen and oxygen atoms in total. The van der Waals surface area contributed by atoms with Crippen LogP contribution in [-0.2, 0) is 6.42 Å². The van der Waals surface area contributed by atoms with Crippen LogP contribution in [-0.4, -0.2) is 53.5 Å². The number of anilines is 4. The van der Waals surface area contributed by atoms with Crippen LogP contribution >= 0.6 is 0 Å². The number of aryl methyl sites for hydroxylation is 1. The molecule has 2 aliphatic rings. The molecule has 0 spiro atoms. The first kappa shape index (κ1) is 21.7. The van der Waals surface area contributed by atoms with E-state index >= 15 is 0 Å². The van der Waals surface area contributed by atoms with Crippen LogP contribution in [0.1, 0.15) is 51.5 Å². The van der Waals surface area contributed by atoms with E-state index in [2.05, 4.69) is 64.6 Å². The van der Waals surface area contributed by atoms with E-state index in [1.165, 1.54) is 12.0 Å². The van der Waals surface area contributed by atoms with Gasteiger partial charge in [0.1, 0.15) is 5.69 Å². The second kappa shape index (κ2) is 10.2. The highest BCUT2D eigenvalue weighted by Gasteiger charge is 2.31. The summed E-state index contributed by atoms with van der Waals surface area (Å²) < 4.78 is 0. The number of piperidine rings is 1. The fourth-order valence-electron chi connectivity index (χ4n) is 4.59. The van der Waals surface area contributed by atoms with E-state index in [1.807, 2.05) is 0 Å². The summed E-state index contributed by atoms with van der Waals surface area (Å²) in [5.74, 6) is 2.67. The van der Waals surface area contributed by atoms with Gasteiger partial charge in [-0.25, -0.2) is 0 Å². The number of benzene rings is 1. The molecule has 0 aliphatic carbocycles. The Morgan fingerprint density at radius 2 is 2.03 bits per heavy atom. The summed E-state index contributed by atoms with van der Waals surface area (Å²) in [5.41, 5.74) is 2.37. The smallest absolute Gasteiger partial charge is 0.229 e. The van der Waals surface area contributed by atoms with E-state index in [0.29, 0.717) is 12.1 Å². The fourth-order valence-corrected chi connectivity index (χ4v) is 4.59. The monoisotopic (exact) mass is 424 g/mol. The van der Waals surface area contributed by atoms with Gasteiger partial charge in [-0.05, 0) is 57.9 Å². The Kier molecular flexibility index (Phi) is 7.12. The maximum atomic E-state index is 9.55. The van der Waals surface area contributed by atoms with Crippen molar-refractivity contribution >= 4 is 23.3 Å². The molecule has 3 heterocycles. The van der Waals surface area contributed by atoms with Gasteiger partial charge < -0.3 is 25.5 Å². The predicted molar refractivity (Wildman–Crippen MR) is 128 cm³/mol. The van der Waals surface area contributed by atoms with Crippen molar-refractivity contribution in [3.63, 3.8) is 0 Å². The predicted octanol–water partition coefficient (Wildman–Crippen LogP) is 3.86. The lowest BCUT2D eigenvalue weighted by Crippen LogP contribution is -2.41. The van der Waals surface area contributed by atoms with Crippen molar-refractivity contribution in [2.24, 2.45) is 0 Å². The molecule has 2 aromatic rings. The van der Waals surface area contributed by atoms with Crippen molar-refractivity contribution < 1.29 is 5.11 Å². The molecule has 1 fully saturated rings. The third kappa shape index (κ3) is 5.03. The third-order valence-electron chi connectivity index (χ3n) is 6.32. The molecule has 1 aromatic carbocycles. The first-order chi connectivity index (χ1) is 15.2. The minimum atomic E-state index is 0.205. The Morgan fingerprint density at radius 1 is 1.19 bits per heavy atom. The number of aliphatic hydroxyl groups excluding tert-OH is 1. The number of aromatic nitrogens is 2. The number of nitrogens with zero attached hydrogens (tertiary/aromatic N) is 4. The zero-order valence-electron chi connectivity index (χ0n) is 18.8. The molecule has 0 bridgehead atoms. The van der Waals surface area contributed by atoms with Gasteiger partial charge in [0.25, 0.3) is 0 Å². The molecule has 4 rings (SSSR count). The molecule has 1 saturated heterocycles. The zero-order valence-corrected chi connectivity index (χ0v) is 18.8. The van der Waals surface area contributed by atoms with Crippen LogP contribution < -0.4 is 20.4 Å². The molecule has 3 N–H and O–H groups in total. The highest BCUT2D eigenvalue weighted by Crippen LogP contribution is 2.38. The highest BCUT2D eigenvalue weighted by atomic mass is 16.3. The van der Waals surface area contributed by atoms with Crippen molar-refractivity contribution in [1.29, 1.82) is 0 Å². The SMILES string of the molecule is CC(C)N1CNc2c(NCCCc3ccccc3)nc(N3CCCCC3CCO)nc21. The second-order valence-corrected chi connectivity index (χ2v) is 8.84. The minimum Gasteiger partial charge on any atom is -0.396 e. The number of nitrogens with one attached hydrogen (secondary N) is 2. The van der Waals surface area contributed by atoms with Gasteiger partial charge in [0.15, 0.2) is 11.6 Å². The fraction of sp³-hybridized carbons (Fsp3) is 0.583. The molecular weight excluding hydrogens is 388 g/mol. The van der Waals surface area contributed by atoms with Crippen molar-refractivity contribution in [1.82, 2.24) is 9.97 Å². The summed E-state index contributed by atoms with van der Waals surface area (Å²) in [7, 11) is 0. The summed E-state index contributed by atoms with van der Waals surface area (Å²) >= 11 is 0. The number of aliphatic hydroxyl groups is 1. The summed E-state index contributed by atoms with van der Waals surface area (Å²) in [6.07, 6.45) is 6.30. The molecule has 1 aromatic heterocycles. The quantitative estimate of drug-likeness (QED) is 0.528. The van der Waals surface area contributed by atoms with Crippen LogP contribution in [0, 0.1) is 0 Å². The Balaban J connectivity index is 1.54. The molecule has 0 radical (unpaired) electrons. The lowest BCUT2D eigenvalue weighted by molar-refractivity contribution is 0.262. The van der Waals surface area contributed by atoms with Gasteiger partial charge in [-0.1, -0.05) is 30.3 Å². The van der Waals surface area contributed by atoms with Gasteiger partial charge in [0, 0.05) is 31.8 Å². The van der Waals surface area contributed by atoms with E-state index in [9.17, 15) is 5.11 Å². The van der Waals surface area contributed by atoms with Crippen LogP contribution in [0.15, 0.2) is 30.3 Å². The van der Waals surface area contributed by atoms with Gasteiger partial charge in [-0.3, -0.25) is 0 Å². The first-order valence-electron chi connectivity index (χ1n) is 11.7. The average molecular weight is 425 g/mol. The van der Waals surface area contributed by atoms with E-state index in [0.717, 1.165) is 75.1 Å². The Morgan fingerprint density at radius 3 is 2.81 bits per heavy atom. The van der Waals surface area contributed by atoms with Crippen LogP contribution in [0.2, 0.25) is 0 Å². The van der Waals surface area contributed by atoms with Gasteiger partial charge in [-0.15, -0.1) is 0 Å². The molecule has 0 saturated carbocycles. The first-order valence-corrected chi connectivity index (χ1v) is 11.7. The summed E-state index contributed by atoms with van der Waals surface area (Å²) in [6.45, 7) is 7.16. The van der Waals surface area contributed by atoms with Crippen LogP contribution in [0.5, 0.6) is 0 Å². The topological polar surface area (TPSA) is 76.5 Å². The normalized spacial score (nSPS) is 18.3. The van der Waals surface area contributed by atoms with E-state index < -0.39 is 0 Å². The third-order valence-corrected chi connectivity index (χ3v) is 6.32. The number of hydrogen-bond donors (Lipinski definition) is 3. The summed E-state index contributed by atoms with van der Waals surface area (Å²) in [4.78, 5) is 14.6. The zero-order chi connectivity index (χ0) is 21.6. The summed E-state index contributed by atoms with van der Waals surface area (Å²) in [6, 6.07) is 11.3. The van der Waals surface area contributed by atoms with Crippen molar-refractivity contribution in [3.8, 4) is 0 Å². The minimum absolute atomic E-state index is 0.205. The lowest BCUT2D eigenvalue weighted by Gasteiger charge is -2.36. The van der Waals surface area contributed by atoms with Crippen LogP contribution in [0.3, 0.4) is 0 Å². The lowest BCUT2D eigenvalue weighted by atomic mass is 10.0. The Hall–Kier alpha value is -2.54. The van der Waals surface area contributed by atoms with Crippen molar-refractivity contribution in [3.05, 3.63) is 35.9 Å². The van der Waals surface area contributed by atoms with E-state index in [4.69, 9.17) is 9.97 Å². The second-order valence-electron chi connectivity index (χ2n) is 8.84. The molecular formula is C24H36N6O. The molecule has 1 unspecified atom stereocenters. The van der Waals surface area contributed by atoms with Crippen molar-refractivity contribution in [2.75, 3.05) is 46.8 Å². The average Bonchev–Trinajstić information content (AvgIpc) is 3.22. The Labute approximate surface area is 185 Å². The highest BCUT2D eigenvalue weighted by molar-refractivity contribution is 5.83. The largest absolute Gasteiger partial charge is 0.396 e. The molecule has 168 valence electrons. The van der Waals surface area contributed by atoms with Gasteiger partial charge >= 0.3 is 0 Å². The number of hydrogen-bond acceptors (Lipinski definition) is 7. The standard InChI is InChI=1S/C24H36N6O/c1-18(2)30-17-26-21-22(25-14-8-11-19-9-4-3-5-10-19)27-24(28-23(21)30)29-15-7-6-12-20(29)13-16-31/h3-5,9-10,18,20,26,31H,6-8,11-17H2,1-2H3,(H,25,27,28). The number of fused-ring (bicyclic) bond motifs is 1. The van der Waals surface area contributed by atoms with Crippen molar-refractivity contribution in [2.45, 2.75) is 64.5 Å². The Bertz CT molecular complexity index is 841.